The number of carbonyl (C=O) groups is 2. The summed E-state index contributed by atoms with van der Waals surface area (Å²) in [4.78, 5) is 22.1. The van der Waals surface area contributed by atoms with Crippen LogP contribution >= 0.6 is 0 Å². The second kappa shape index (κ2) is 2.17. The molecule has 0 aromatic heterocycles. The van der Waals surface area contributed by atoms with E-state index in [9.17, 15) is 9.59 Å². The average Bonchev–Trinajstić information content (AvgIpc) is 2.12. The maximum Gasteiger partial charge on any atom is 0.229 e. The van der Waals surface area contributed by atoms with Gasteiger partial charge < -0.3 is 0 Å². The molecule has 9 heavy (non-hydrogen) atoms. The summed E-state index contributed by atoms with van der Waals surface area (Å²) in [7, 11) is 0. The van der Waals surface area contributed by atoms with Crippen LogP contribution in [0.25, 0.3) is 0 Å². The highest BCUT2D eigenvalue weighted by Gasteiger charge is 2.26. The monoisotopic (exact) mass is 127 g/mol. The molecular formula is C6H9NO2. The molecule has 0 saturated carbocycles. The molecule has 1 unspecified atom stereocenters. The van der Waals surface area contributed by atoms with Crippen LogP contribution in [-0.4, -0.2) is 23.3 Å². The van der Waals surface area contributed by atoms with E-state index in [4.69, 9.17) is 0 Å². The molecule has 3 heteroatoms. The van der Waals surface area contributed by atoms with Gasteiger partial charge in [-0.15, -0.1) is 0 Å². The first-order chi connectivity index (χ1) is 4.25. The van der Waals surface area contributed by atoms with Gasteiger partial charge in [0.25, 0.3) is 0 Å². The van der Waals surface area contributed by atoms with Crippen LogP contribution in [0.3, 0.4) is 0 Å². The number of amides is 2. The quantitative estimate of drug-likeness (QED) is 0.470. The molecule has 1 rings (SSSR count). The van der Waals surface area contributed by atoms with Crippen molar-refractivity contribution in [3.8, 4) is 0 Å². The normalized spacial score (nSPS) is 27.0. The first-order valence-electron chi connectivity index (χ1n) is 3.02. The molecule has 1 aliphatic heterocycles. The lowest BCUT2D eigenvalue weighted by Crippen LogP contribution is -2.28. The molecule has 0 N–H and O–H groups in total. The fraction of sp³-hybridized carbons (Fsp3) is 0.667. The van der Waals surface area contributed by atoms with Crippen LogP contribution in [0.2, 0.25) is 0 Å². The Morgan fingerprint density at radius 3 is 2.67 bits per heavy atom. The molecule has 0 aliphatic carbocycles. The smallest absolute Gasteiger partial charge is 0.229 e. The molecule has 0 spiro atoms. The van der Waals surface area contributed by atoms with Crippen molar-refractivity contribution in [3.05, 3.63) is 0 Å². The lowest BCUT2D eigenvalue weighted by molar-refractivity contribution is -0.136. The Morgan fingerprint density at radius 1 is 1.78 bits per heavy atom. The second-order valence-electron chi connectivity index (χ2n) is 2.29. The van der Waals surface area contributed by atoms with Crippen molar-refractivity contribution in [2.24, 2.45) is 0 Å². The molecule has 1 atom stereocenters. The van der Waals surface area contributed by atoms with Crippen LogP contribution in [0.4, 0.5) is 0 Å². The van der Waals surface area contributed by atoms with Gasteiger partial charge in [-0.2, -0.15) is 0 Å². The van der Waals surface area contributed by atoms with Gasteiger partial charge >= 0.3 is 0 Å². The van der Waals surface area contributed by atoms with E-state index in [0.717, 1.165) is 6.42 Å². The third kappa shape index (κ3) is 0.943. The van der Waals surface area contributed by atoms with Crippen molar-refractivity contribution in [2.45, 2.75) is 25.8 Å². The Bertz CT molecular complexity index is 144. The van der Waals surface area contributed by atoms with E-state index >= 15 is 0 Å². The SMILES string of the molecule is CC1CCC(=O)N1C=O. The Balaban J connectivity index is 2.65. The third-order valence-electron chi connectivity index (χ3n) is 1.65. The minimum absolute atomic E-state index is 0.0440. The highest BCUT2D eigenvalue weighted by atomic mass is 16.2. The molecule has 3 nitrogen and oxygen atoms in total. The average molecular weight is 127 g/mol. The van der Waals surface area contributed by atoms with Gasteiger partial charge in [0.05, 0.1) is 0 Å². The van der Waals surface area contributed by atoms with Crippen molar-refractivity contribution < 1.29 is 9.59 Å². The predicted octanol–water partition coefficient (Wildman–Crippen LogP) is 0.154. The zero-order chi connectivity index (χ0) is 6.85. The van der Waals surface area contributed by atoms with Crippen LogP contribution in [-0.2, 0) is 9.59 Å². The van der Waals surface area contributed by atoms with Crippen molar-refractivity contribution >= 4 is 12.3 Å². The van der Waals surface area contributed by atoms with Crippen LogP contribution in [0.15, 0.2) is 0 Å². The summed E-state index contributed by atoms with van der Waals surface area (Å²) >= 11 is 0. The van der Waals surface area contributed by atoms with Gasteiger partial charge in [0.1, 0.15) is 0 Å². The van der Waals surface area contributed by atoms with Crippen LogP contribution in [0.5, 0.6) is 0 Å². The lowest BCUT2D eigenvalue weighted by atomic mass is 10.2. The van der Waals surface area contributed by atoms with E-state index in [-0.39, 0.29) is 11.9 Å². The Morgan fingerprint density at radius 2 is 2.44 bits per heavy atom. The van der Waals surface area contributed by atoms with Gasteiger partial charge in [-0.25, -0.2) is 0 Å². The number of likely N-dealkylation sites (tertiary alicyclic amines) is 1. The minimum atomic E-state index is -0.0440. The number of carbonyl (C=O) groups excluding carboxylic acids is 2. The predicted molar refractivity (Wildman–Crippen MR) is 31.6 cm³/mol. The van der Waals surface area contributed by atoms with Crippen molar-refractivity contribution in [3.63, 3.8) is 0 Å². The highest BCUT2D eigenvalue weighted by molar-refractivity contribution is 5.88. The second-order valence-corrected chi connectivity index (χ2v) is 2.29. The first-order valence-corrected chi connectivity index (χ1v) is 3.02. The van der Waals surface area contributed by atoms with E-state index in [1.54, 1.807) is 0 Å². The summed E-state index contributed by atoms with van der Waals surface area (Å²) in [5, 5.41) is 0. The highest BCUT2D eigenvalue weighted by Crippen LogP contribution is 2.14. The molecule has 50 valence electrons. The summed E-state index contributed by atoms with van der Waals surface area (Å²) in [6.45, 7) is 1.87. The molecular weight excluding hydrogens is 118 g/mol. The molecule has 0 aromatic carbocycles. The van der Waals surface area contributed by atoms with Crippen LogP contribution in [0, 0.1) is 0 Å². The van der Waals surface area contributed by atoms with Gasteiger partial charge in [0.2, 0.25) is 12.3 Å². The van der Waals surface area contributed by atoms with Gasteiger partial charge in [-0.3, -0.25) is 14.5 Å². The summed E-state index contributed by atoms with van der Waals surface area (Å²) in [5.74, 6) is -0.0440. The fourth-order valence-electron chi connectivity index (χ4n) is 1.01. The molecule has 2 amide bonds. The van der Waals surface area contributed by atoms with Gasteiger partial charge in [0, 0.05) is 12.5 Å². The standard InChI is InChI=1S/C6H9NO2/c1-5-2-3-6(9)7(5)4-8/h4-5H,2-3H2,1H3. The number of imide groups is 1. The maximum atomic E-state index is 10.7. The summed E-state index contributed by atoms with van der Waals surface area (Å²) in [6.07, 6.45) is 1.96. The van der Waals surface area contributed by atoms with E-state index in [0.29, 0.717) is 12.8 Å². The zero-order valence-electron chi connectivity index (χ0n) is 5.33. The minimum Gasteiger partial charge on any atom is -0.282 e. The maximum absolute atomic E-state index is 10.7. The Hall–Kier alpha value is -0.860. The number of nitrogens with zero attached hydrogens (tertiary/aromatic N) is 1. The van der Waals surface area contributed by atoms with E-state index in [1.165, 1.54) is 4.90 Å². The Kier molecular flexibility index (Phi) is 1.51. The largest absolute Gasteiger partial charge is 0.282 e. The summed E-state index contributed by atoms with van der Waals surface area (Å²) in [5.41, 5.74) is 0. The molecule has 1 fully saturated rings. The molecule has 1 heterocycles. The Labute approximate surface area is 53.6 Å². The topological polar surface area (TPSA) is 37.4 Å². The van der Waals surface area contributed by atoms with Crippen molar-refractivity contribution in [2.75, 3.05) is 0 Å². The van der Waals surface area contributed by atoms with E-state index < -0.39 is 0 Å². The number of hydrogen-bond acceptors (Lipinski definition) is 2. The van der Waals surface area contributed by atoms with Crippen LogP contribution in [0.1, 0.15) is 19.8 Å². The first kappa shape index (κ1) is 6.26. The molecule has 0 aromatic rings. The zero-order valence-corrected chi connectivity index (χ0v) is 5.33. The van der Waals surface area contributed by atoms with Gasteiger partial charge in [0.15, 0.2) is 0 Å². The van der Waals surface area contributed by atoms with E-state index in [1.807, 2.05) is 6.92 Å². The van der Waals surface area contributed by atoms with Gasteiger partial charge in [-0.1, -0.05) is 0 Å². The van der Waals surface area contributed by atoms with E-state index in [2.05, 4.69) is 0 Å². The lowest BCUT2D eigenvalue weighted by Gasteiger charge is -2.11. The molecule has 0 bridgehead atoms. The third-order valence-corrected chi connectivity index (χ3v) is 1.65. The van der Waals surface area contributed by atoms with Crippen LogP contribution < -0.4 is 0 Å². The van der Waals surface area contributed by atoms with Crippen molar-refractivity contribution in [1.29, 1.82) is 0 Å². The molecule has 1 aliphatic rings. The molecule has 0 radical (unpaired) electrons. The van der Waals surface area contributed by atoms with Crippen molar-refractivity contribution in [1.82, 2.24) is 4.90 Å². The summed E-state index contributed by atoms with van der Waals surface area (Å²) < 4.78 is 0. The number of hydrogen-bond donors (Lipinski definition) is 0. The fourth-order valence-corrected chi connectivity index (χ4v) is 1.01. The molecule has 1 saturated heterocycles. The number of rotatable bonds is 1. The summed E-state index contributed by atoms with van der Waals surface area (Å²) in [6, 6.07) is 0.120. The van der Waals surface area contributed by atoms with Gasteiger partial charge in [-0.05, 0) is 13.3 Å².